The Morgan fingerprint density at radius 3 is 2.75 bits per heavy atom. The molecule has 0 bridgehead atoms. The normalized spacial score (nSPS) is 12.2. The highest BCUT2D eigenvalue weighted by atomic mass is 79.9. The van der Waals surface area contributed by atoms with Gasteiger partial charge in [0.25, 0.3) is 0 Å². The molecule has 0 radical (unpaired) electrons. The second-order valence-corrected chi connectivity index (χ2v) is 5.62. The van der Waals surface area contributed by atoms with Gasteiger partial charge >= 0.3 is 0 Å². The minimum Gasteiger partial charge on any atom is -0.497 e. The van der Waals surface area contributed by atoms with Crippen molar-refractivity contribution >= 4 is 15.9 Å². The van der Waals surface area contributed by atoms with E-state index in [1.54, 1.807) is 7.11 Å². The maximum absolute atomic E-state index is 5.27. The van der Waals surface area contributed by atoms with E-state index in [1.165, 1.54) is 5.56 Å². The van der Waals surface area contributed by atoms with Crippen LogP contribution in [0.1, 0.15) is 29.9 Å². The second kappa shape index (κ2) is 6.86. The van der Waals surface area contributed by atoms with Crippen LogP contribution < -0.4 is 10.1 Å². The first kappa shape index (κ1) is 15.0. The second-order valence-electron chi connectivity index (χ2n) is 4.76. The van der Waals surface area contributed by atoms with Gasteiger partial charge in [-0.15, -0.1) is 0 Å². The van der Waals surface area contributed by atoms with Crippen molar-refractivity contribution in [1.29, 1.82) is 0 Å². The van der Waals surface area contributed by atoms with Crippen LogP contribution in [-0.4, -0.2) is 12.1 Å². The largest absolute Gasteiger partial charge is 0.497 e. The summed E-state index contributed by atoms with van der Waals surface area (Å²) in [6.45, 7) is 4.83. The lowest BCUT2D eigenvalue weighted by molar-refractivity contribution is 0.412. The molecule has 2 aromatic rings. The zero-order valence-corrected chi connectivity index (χ0v) is 13.6. The molecular formula is C16H19BrN2O. The molecule has 0 spiro atoms. The highest BCUT2D eigenvalue weighted by molar-refractivity contribution is 9.10. The van der Waals surface area contributed by atoms with Crippen molar-refractivity contribution in [2.75, 3.05) is 7.11 Å². The number of nitrogens with one attached hydrogen (secondary N) is 1. The van der Waals surface area contributed by atoms with Gasteiger partial charge in [0.15, 0.2) is 0 Å². The van der Waals surface area contributed by atoms with Gasteiger partial charge in [0, 0.05) is 34.9 Å². The van der Waals surface area contributed by atoms with Crippen molar-refractivity contribution in [2.24, 2.45) is 0 Å². The van der Waals surface area contributed by atoms with Gasteiger partial charge in [-0.1, -0.05) is 34.1 Å². The molecule has 1 aromatic heterocycles. The van der Waals surface area contributed by atoms with Crippen LogP contribution in [0.25, 0.3) is 0 Å². The van der Waals surface area contributed by atoms with Gasteiger partial charge in [-0.3, -0.25) is 4.98 Å². The summed E-state index contributed by atoms with van der Waals surface area (Å²) in [5.41, 5.74) is 3.20. The number of hydrogen-bond donors (Lipinski definition) is 1. The average molecular weight is 335 g/mol. The quantitative estimate of drug-likeness (QED) is 0.896. The van der Waals surface area contributed by atoms with E-state index in [0.717, 1.165) is 21.6 Å². The average Bonchev–Trinajstić information content (AvgIpc) is 2.44. The predicted molar refractivity (Wildman–Crippen MR) is 84.9 cm³/mol. The van der Waals surface area contributed by atoms with E-state index in [-0.39, 0.29) is 6.04 Å². The van der Waals surface area contributed by atoms with Gasteiger partial charge in [0.2, 0.25) is 0 Å². The maximum Gasteiger partial charge on any atom is 0.122 e. The molecular weight excluding hydrogens is 316 g/mol. The molecule has 0 fully saturated rings. The summed E-state index contributed by atoms with van der Waals surface area (Å²) in [4.78, 5) is 4.52. The van der Waals surface area contributed by atoms with Gasteiger partial charge in [-0.2, -0.15) is 0 Å². The molecule has 0 aliphatic heterocycles. The highest BCUT2D eigenvalue weighted by Crippen LogP contribution is 2.23. The fourth-order valence-corrected chi connectivity index (χ4v) is 2.73. The summed E-state index contributed by atoms with van der Waals surface area (Å²) in [5, 5.41) is 3.49. The summed E-state index contributed by atoms with van der Waals surface area (Å²) in [6.07, 6.45) is 0. The monoisotopic (exact) mass is 334 g/mol. The molecule has 4 heteroatoms. The number of halogens is 1. The summed E-state index contributed by atoms with van der Waals surface area (Å²) in [6, 6.07) is 12.4. The zero-order valence-electron chi connectivity index (χ0n) is 12.0. The van der Waals surface area contributed by atoms with Crippen LogP contribution in [0.4, 0.5) is 0 Å². The van der Waals surface area contributed by atoms with Crippen LogP contribution >= 0.6 is 15.9 Å². The number of benzene rings is 1. The Morgan fingerprint density at radius 1 is 1.30 bits per heavy atom. The van der Waals surface area contributed by atoms with Crippen molar-refractivity contribution in [3.05, 3.63) is 57.8 Å². The Balaban J connectivity index is 2.05. The van der Waals surface area contributed by atoms with Crippen LogP contribution in [0.3, 0.4) is 0 Å². The number of aromatic nitrogens is 1. The van der Waals surface area contributed by atoms with E-state index in [2.05, 4.69) is 45.3 Å². The van der Waals surface area contributed by atoms with E-state index in [0.29, 0.717) is 6.54 Å². The predicted octanol–water partition coefficient (Wildman–Crippen LogP) is 4.01. The Kier molecular flexibility index (Phi) is 5.15. The number of hydrogen-bond acceptors (Lipinski definition) is 3. The first-order valence-electron chi connectivity index (χ1n) is 6.59. The van der Waals surface area contributed by atoms with Crippen molar-refractivity contribution < 1.29 is 4.74 Å². The molecule has 3 nitrogen and oxygen atoms in total. The van der Waals surface area contributed by atoms with Crippen LogP contribution in [0.15, 0.2) is 40.9 Å². The molecule has 20 heavy (non-hydrogen) atoms. The summed E-state index contributed by atoms with van der Waals surface area (Å²) >= 11 is 3.58. The molecule has 106 valence electrons. The zero-order chi connectivity index (χ0) is 14.5. The van der Waals surface area contributed by atoms with Gasteiger partial charge in [-0.05, 0) is 25.5 Å². The first-order valence-corrected chi connectivity index (χ1v) is 7.39. The lowest BCUT2D eigenvalue weighted by Crippen LogP contribution is -2.19. The van der Waals surface area contributed by atoms with Crippen molar-refractivity contribution in [1.82, 2.24) is 10.3 Å². The Bertz CT molecular complexity index is 586. The van der Waals surface area contributed by atoms with Crippen molar-refractivity contribution in [2.45, 2.75) is 26.4 Å². The Hall–Kier alpha value is -1.39. The van der Waals surface area contributed by atoms with Crippen LogP contribution in [0.5, 0.6) is 5.75 Å². The molecule has 0 aliphatic rings. The summed E-state index contributed by atoms with van der Waals surface area (Å²) in [5.74, 6) is 0.850. The summed E-state index contributed by atoms with van der Waals surface area (Å²) in [7, 11) is 1.68. The molecule has 0 saturated carbocycles. The third kappa shape index (κ3) is 3.81. The fraction of sp³-hybridized carbons (Fsp3) is 0.312. The molecule has 1 atom stereocenters. The number of rotatable bonds is 5. The molecule has 0 unspecified atom stereocenters. The lowest BCUT2D eigenvalue weighted by Gasteiger charge is -2.16. The molecule has 1 heterocycles. The Morgan fingerprint density at radius 2 is 2.05 bits per heavy atom. The summed E-state index contributed by atoms with van der Waals surface area (Å²) < 4.78 is 6.39. The molecule has 1 aromatic carbocycles. The van der Waals surface area contributed by atoms with E-state index in [9.17, 15) is 0 Å². The molecule has 2 rings (SSSR count). The smallest absolute Gasteiger partial charge is 0.122 e. The SMILES string of the molecule is COc1cc(C)nc(CN[C@@H](C)c2ccccc2Br)c1. The molecule has 0 saturated heterocycles. The number of ether oxygens (including phenoxy) is 1. The van der Waals surface area contributed by atoms with Gasteiger partial charge < -0.3 is 10.1 Å². The highest BCUT2D eigenvalue weighted by Gasteiger charge is 2.09. The van der Waals surface area contributed by atoms with Gasteiger partial charge in [0.1, 0.15) is 5.75 Å². The minimum absolute atomic E-state index is 0.249. The van der Waals surface area contributed by atoms with Crippen LogP contribution in [0, 0.1) is 6.92 Å². The third-order valence-corrected chi connectivity index (χ3v) is 3.90. The van der Waals surface area contributed by atoms with E-state index >= 15 is 0 Å². The van der Waals surface area contributed by atoms with Gasteiger partial charge in [0.05, 0.1) is 12.8 Å². The fourth-order valence-electron chi connectivity index (χ4n) is 2.11. The number of nitrogens with zero attached hydrogens (tertiary/aromatic N) is 1. The first-order chi connectivity index (χ1) is 9.60. The molecule has 1 N–H and O–H groups in total. The number of methoxy groups -OCH3 is 1. The van der Waals surface area contributed by atoms with E-state index < -0.39 is 0 Å². The standard InChI is InChI=1S/C16H19BrN2O/c1-11-8-14(20-3)9-13(19-11)10-18-12(2)15-6-4-5-7-16(15)17/h4-9,12,18H,10H2,1-3H3/t12-/m0/s1. The lowest BCUT2D eigenvalue weighted by atomic mass is 10.1. The van der Waals surface area contributed by atoms with Crippen LogP contribution in [0.2, 0.25) is 0 Å². The minimum atomic E-state index is 0.249. The van der Waals surface area contributed by atoms with Crippen molar-refractivity contribution in [3.63, 3.8) is 0 Å². The topological polar surface area (TPSA) is 34.1 Å². The third-order valence-electron chi connectivity index (χ3n) is 3.18. The maximum atomic E-state index is 5.27. The van der Waals surface area contributed by atoms with Crippen LogP contribution in [-0.2, 0) is 6.54 Å². The van der Waals surface area contributed by atoms with E-state index in [4.69, 9.17) is 4.74 Å². The molecule has 0 amide bonds. The van der Waals surface area contributed by atoms with Gasteiger partial charge in [-0.25, -0.2) is 0 Å². The molecule has 0 aliphatic carbocycles. The van der Waals surface area contributed by atoms with Crippen molar-refractivity contribution in [3.8, 4) is 5.75 Å². The van der Waals surface area contributed by atoms with E-state index in [1.807, 2.05) is 31.2 Å². The number of pyridine rings is 1. The number of aryl methyl sites for hydroxylation is 1. The Labute approximate surface area is 128 Å².